The first kappa shape index (κ1) is 30.5. The highest BCUT2D eigenvalue weighted by molar-refractivity contribution is 7.27. The highest BCUT2D eigenvalue weighted by atomic mass is 32.1. The van der Waals surface area contributed by atoms with Gasteiger partial charge in [-0.15, -0.1) is 22.7 Å². The van der Waals surface area contributed by atoms with Crippen molar-refractivity contribution in [3.63, 3.8) is 0 Å². The lowest BCUT2D eigenvalue weighted by atomic mass is 9.99. The minimum Gasteiger partial charge on any atom is -0.236 e. The van der Waals surface area contributed by atoms with Crippen molar-refractivity contribution in [1.29, 1.82) is 0 Å². The van der Waals surface area contributed by atoms with Crippen LogP contribution in [0.3, 0.4) is 0 Å². The molecule has 7 aromatic carbocycles. The van der Waals surface area contributed by atoms with Crippen LogP contribution in [0.15, 0.2) is 176 Å². The summed E-state index contributed by atoms with van der Waals surface area (Å²) >= 11 is 3.57. The molecule has 0 spiro atoms. The van der Waals surface area contributed by atoms with Crippen LogP contribution in [-0.4, -0.2) is 15.0 Å². The molecule has 0 saturated heterocycles. The number of hydrogen-bond acceptors (Lipinski definition) is 5. The second kappa shape index (κ2) is 12.8. The van der Waals surface area contributed by atoms with Gasteiger partial charge in [-0.2, -0.15) is 0 Å². The van der Waals surface area contributed by atoms with Crippen LogP contribution in [-0.2, 0) is 0 Å². The van der Waals surface area contributed by atoms with Crippen molar-refractivity contribution in [2.24, 2.45) is 0 Å². The lowest BCUT2D eigenvalue weighted by molar-refractivity contribution is 1.19. The predicted molar refractivity (Wildman–Crippen MR) is 221 cm³/mol. The maximum absolute atomic E-state index is 5.33. The topological polar surface area (TPSA) is 38.7 Å². The third kappa shape index (κ3) is 5.48. The fourth-order valence-electron chi connectivity index (χ4n) is 7.01. The van der Waals surface area contributed by atoms with E-state index in [2.05, 4.69) is 164 Å². The second-order valence-corrected chi connectivity index (χ2v) is 14.9. The Bertz CT molecular complexity index is 2860. The molecule has 3 nitrogen and oxygen atoms in total. The van der Waals surface area contributed by atoms with Crippen LogP contribution in [0.1, 0.15) is 0 Å². The quantitative estimate of drug-likeness (QED) is 0.173. The molecule has 0 amide bonds. The summed E-state index contributed by atoms with van der Waals surface area (Å²) in [7, 11) is 0. The van der Waals surface area contributed by atoms with E-state index in [-0.39, 0.29) is 0 Å². The largest absolute Gasteiger partial charge is 0.236 e. The summed E-state index contributed by atoms with van der Waals surface area (Å²) in [6.45, 7) is 0. The minimum atomic E-state index is 0.698. The lowest BCUT2D eigenvalue weighted by Crippen LogP contribution is -1.96. The van der Waals surface area contributed by atoms with Crippen molar-refractivity contribution in [2.75, 3.05) is 0 Å². The normalized spacial score (nSPS) is 11.5. The fourth-order valence-corrected chi connectivity index (χ4v) is 9.32. The maximum Gasteiger partial charge on any atom is 0.160 e. The number of thiazole rings is 1. The summed E-state index contributed by atoms with van der Waals surface area (Å²) in [5, 5.41) is 3.47. The molecule has 0 bridgehead atoms. The maximum atomic E-state index is 5.33. The standard InChI is InChI=1S/C47H29N3S2/c1-3-12-30(13-4-1)32-24-26-33(27-25-32)40-29-41(49-46(48-40)35-17-9-16-34(28-35)31-14-5-2-6-15-31)36-18-11-23-43-44(36)37-19-10-20-38(45(37)51-43)47-50-39-21-7-8-22-42(39)52-47/h1-29H. The zero-order chi connectivity index (χ0) is 34.4. The van der Waals surface area contributed by atoms with E-state index >= 15 is 0 Å². The summed E-state index contributed by atoms with van der Waals surface area (Å²) in [5.41, 5.74) is 11.8. The summed E-state index contributed by atoms with van der Waals surface area (Å²) in [4.78, 5) is 15.6. The van der Waals surface area contributed by atoms with Gasteiger partial charge in [-0.3, -0.25) is 0 Å². The average molecular weight is 700 g/mol. The summed E-state index contributed by atoms with van der Waals surface area (Å²) < 4.78 is 3.66. The van der Waals surface area contributed by atoms with Crippen molar-refractivity contribution in [1.82, 2.24) is 15.0 Å². The zero-order valence-corrected chi connectivity index (χ0v) is 29.5. The molecule has 3 aromatic heterocycles. The van der Waals surface area contributed by atoms with Gasteiger partial charge in [0.05, 0.1) is 21.6 Å². The van der Waals surface area contributed by atoms with Gasteiger partial charge < -0.3 is 0 Å². The van der Waals surface area contributed by atoms with Crippen LogP contribution < -0.4 is 0 Å². The number of aromatic nitrogens is 3. The van der Waals surface area contributed by atoms with Crippen molar-refractivity contribution >= 4 is 53.1 Å². The van der Waals surface area contributed by atoms with Gasteiger partial charge in [-0.1, -0.05) is 146 Å². The monoisotopic (exact) mass is 699 g/mol. The van der Waals surface area contributed by atoms with Gasteiger partial charge in [-0.05, 0) is 52.6 Å². The van der Waals surface area contributed by atoms with Crippen LogP contribution in [0, 0.1) is 0 Å². The number of rotatable bonds is 6. The number of hydrogen-bond donors (Lipinski definition) is 0. The average Bonchev–Trinajstić information content (AvgIpc) is 3.84. The van der Waals surface area contributed by atoms with Crippen LogP contribution in [0.5, 0.6) is 0 Å². The summed E-state index contributed by atoms with van der Waals surface area (Å²) in [5.74, 6) is 0.698. The molecule has 10 aromatic rings. The molecule has 0 unspecified atom stereocenters. The van der Waals surface area contributed by atoms with E-state index in [1.165, 1.54) is 41.6 Å². The lowest BCUT2D eigenvalue weighted by Gasteiger charge is -2.12. The molecule has 0 fully saturated rings. The molecule has 52 heavy (non-hydrogen) atoms. The Morgan fingerprint density at radius 3 is 1.77 bits per heavy atom. The van der Waals surface area contributed by atoms with Crippen LogP contribution in [0.25, 0.3) is 97.1 Å². The van der Waals surface area contributed by atoms with Crippen molar-refractivity contribution in [3.05, 3.63) is 176 Å². The van der Waals surface area contributed by atoms with E-state index in [9.17, 15) is 0 Å². The number of thiophene rings is 1. The van der Waals surface area contributed by atoms with Crippen LogP contribution >= 0.6 is 22.7 Å². The number of benzene rings is 7. The van der Waals surface area contributed by atoms with E-state index in [4.69, 9.17) is 15.0 Å². The Labute approximate surface area is 309 Å². The van der Waals surface area contributed by atoms with Crippen molar-refractivity contribution in [2.45, 2.75) is 0 Å². The molecule has 3 heterocycles. The molecule has 10 rings (SSSR count). The van der Waals surface area contributed by atoms with Crippen molar-refractivity contribution < 1.29 is 0 Å². The Kier molecular flexibility index (Phi) is 7.52. The second-order valence-electron chi connectivity index (χ2n) is 12.8. The molecule has 244 valence electrons. The number of para-hydroxylation sites is 1. The van der Waals surface area contributed by atoms with Gasteiger partial charge in [0, 0.05) is 42.4 Å². The summed E-state index contributed by atoms with van der Waals surface area (Å²) in [6, 6.07) is 61.9. The minimum absolute atomic E-state index is 0.698. The Hall–Kier alpha value is -6.27. The Morgan fingerprint density at radius 1 is 0.365 bits per heavy atom. The highest BCUT2D eigenvalue weighted by Crippen LogP contribution is 2.45. The van der Waals surface area contributed by atoms with E-state index in [1.807, 2.05) is 23.5 Å². The first-order valence-electron chi connectivity index (χ1n) is 17.3. The molecule has 0 atom stereocenters. The Balaban J connectivity index is 1.16. The van der Waals surface area contributed by atoms with Gasteiger partial charge in [-0.25, -0.2) is 15.0 Å². The van der Waals surface area contributed by atoms with Crippen LogP contribution in [0.2, 0.25) is 0 Å². The Morgan fingerprint density at radius 2 is 0.962 bits per heavy atom. The molecule has 0 aliphatic rings. The first-order chi connectivity index (χ1) is 25.7. The third-order valence-corrected chi connectivity index (χ3v) is 11.8. The third-order valence-electron chi connectivity index (χ3n) is 9.56. The number of nitrogens with zero attached hydrogens (tertiary/aromatic N) is 3. The van der Waals surface area contributed by atoms with E-state index in [0.717, 1.165) is 49.7 Å². The zero-order valence-electron chi connectivity index (χ0n) is 27.9. The molecule has 0 aliphatic carbocycles. The van der Waals surface area contributed by atoms with E-state index in [1.54, 1.807) is 11.3 Å². The summed E-state index contributed by atoms with van der Waals surface area (Å²) in [6.07, 6.45) is 0. The van der Waals surface area contributed by atoms with Gasteiger partial charge in [0.15, 0.2) is 5.82 Å². The first-order valence-corrected chi connectivity index (χ1v) is 18.9. The highest BCUT2D eigenvalue weighted by Gasteiger charge is 2.19. The van der Waals surface area contributed by atoms with E-state index in [0.29, 0.717) is 5.82 Å². The van der Waals surface area contributed by atoms with E-state index < -0.39 is 0 Å². The fraction of sp³-hybridized carbons (Fsp3) is 0. The smallest absolute Gasteiger partial charge is 0.160 e. The predicted octanol–water partition coefficient (Wildman–Crippen LogP) is 13.5. The van der Waals surface area contributed by atoms with Crippen LogP contribution in [0.4, 0.5) is 0 Å². The molecule has 0 aliphatic heterocycles. The molecular weight excluding hydrogens is 671 g/mol. The van der Waals surface area contributed by atoms with Gasteiger partial charge >= 0.3 is 0 Å². The van der Waals surface area contributed by atoms with Crippen molar-refractivity contribution in [3.8, 4) is 66.7 Å². The van der Waals surface area contributed by atoms with Gasteiger partial charge in [0.25, 0.3) is 0 Å². The van der Waals surface area contributed by atoms with Gasteiger partial charge in [0.1, 0.15) is 5.01 Å². The molecule has 0 radical (unpaired) electrons. The molecule has 0 saturated carbocycles. The molecule has 0 N–H and O–H groups in total. The molecular formula is C47H29N3S2. The number of fused-ring (bicyclic) bond motifs is 4. The van der Waals surface area contributed by atoms with Gasteiger partial charge in [0.2, 0.25) is 0 Å². The molecule has 5 heteroatoms. The SMILES string of the molecule is c1ccc(-c2ccc(-c3cc(-c4cccc5sc6c(-c7nc8ccccc8s7)cccc6c45)nc(-c4cccc(-c5ccccc5)c4)n3)cc2)cc1.